The van der Waals surface area contributed by atoms with Gasteiger partial charge in [-0.2, -0.15) is 0 Å². The van der Waals surface area contributed by atoms with Crippen molar-refractivity contribution in [2.45, 2.75) is 64.7 Å². The number of allylic oxidation sites excluding steroid dienone is 1. The first kappa shape index (κ1) is 18.3. The van der Waals surface area contributed by atoms with Gasteiger partial charge in [-0.3, -0.25) is 9.59 Å². The summed E-state index contributed by atoms with van der Waals surface area (Å²) in [4.78, 5) is 24.6. The molecule has 0 N–H and O–H groups in total. The van der Waals surface area contributed by atoms with Gasteiger partial charge < -0.3 is 0 Å². The summed E-state index contributed by atoms with van der Waals surface area (Å²) in [6, 6.07) is 11.0. The summed E-state index contributed by atoms with van der Waals surface area (Å²) in [5.41, 5.74) is 3.02. The molecule has 3 fully saturated rings. The van der Waals surface area contributed by atoms with Crippen molar-refractivity contribution in [3.05, 3.63) is 47.5 Å². The van der Waals surface area contributed by atoms with Crippen molar-refractivity contribution in [1.29, 1.82) is 0 Å². The third-order valence-corrected chi connectivity index (χ3v) is 9.02. The fourth-order valence-corrected chi connectivity index (χ4v) is 8.02. The Hall–Kier alpha value is -1.70. The standard InChI is InChI=1S/C26H32O2/c1-16(27)23-12-13-24-21-10-8-18-14-19(28)9-11-20(18)25(21)22(15-26(23,24)2)17-6-4-3-5-7-17/h3-7,14,20-25H,8-13,15H2,1-2H3/t20-,21-,22+,23+,24-,25+,26+/m0/s1. The van der Waals surface area contributed by atoms with Crippen LogP contribution in [0.2, 0.25) is 0 Å². The molecule has 0 heterocycles. The van der Waals surface area contributed by atoms with E-state index in [9.17, 15) is 9.59 Å². The Balaban J connectivity index is 1.60. The van der Waals surface area contributed by atoms with Crippen LogP contribution in [0, 0.1) is 35.0 Å². The molecule has 4 aliphatic rings. The van der Waals surface area contributed by atoms with E-state index >= 15 is 0 Å². The monoisotopic (exact) mass is 376 g/mol. The normalized spacial score (nSPS) is 42.2. The number of rotatable bonds is 2. The molecule has 28 heavy (non-hydrogen) atoms. The summed E-state index contributed by atoms with van der Waals surface area (Å²) in [5, 5.41) is 0. The minimum atomic E-state index is 0.138. The highest BCUT2D eigenvalue weighted by molar-refractivity contribution is 5.91. The highest BCUT2D eigenvalue weighted by Gasteiger charge is 2.60. The number of benzene rings is 1. The zero-order valence-corrected chi connectivity index (χ0v) is 17.2. The molecule has 0 aliphatic heterocycles. The molecule has 0 aromatic heterocycles. The van der Waals surface area contributed by atoms with E-state index in [0.29, 0.717) is 41.2 Å². The molecule has 5 rings (SSSR count). The van der Waals surface area contributed by atoms with Gasteiger partial charge in [0.05, 0.1) is 0 Å². The molecule has 0 amide bonds. The maximum absolute atomic E-state index is 12.5. The first-order chi connectivity index (χ1) is 13.5. The quantitative estimate of drug-likeness (QED) is 0.661. The summed E-state index contributed by atoms with van der Waals surface area (Å²) in [5.74, 6) is 4.05. The van der Waals surface area contributed by atoms with Gasteiger partial charge in [-0.15, -0.1) is 0 Å². The Labute approximate surface area is 168 Å². The maximum atomic E-state index is 12.5. The molecule has 3 saturated carbocycles. The molecule has 0 radical (unpaired) electrons. The number of hydrogen-bond acceptors (Lipinski definition) is 2. The average molecular weight is 377 g/mol. The summed E-state index contributed by atoms with van der Waals surface area (Å²) >= 11 is 0. The Bertz CT molecular complexity index is 822. The highest BCUT2D eigenvalue weighted by atomic mass is 16.1. The van der Waals surface area contributed by atoms with Gasteiger partial charge in [0, 0.05) is 12.3 Å². The van der Waals surface area contributed by atoms with E-state index in [-0.39, 0.29) is 11.3 Å². The molecule has 2 heteroatoms. The summed E-state index contributed by atoms with van der Waals surface area (Å²) in [6.07, 6.45) is 9.47. The molecule has 0 spiro atoms. The van der Waals surface area contributed by atoms with E-state index in [1.807, 2.05) is 13.0 Å². The van der Waals surface area contributed by atoms with Crippen LogP contribution in [-0.4, -0.2) is 11.6 Å². The molecule has 4 aliphatic carbocycles. The fraction of sp³-hybridized carbons (Fsp3) is 0.615. The number of fused-ring (bicyclic) bond motifs is 5. The predicted octanol–water partition coefficient (Wildman–Crippen LogP) is 5.73. The van der Waals surface area contributed by atoms with E-state index in [1.54, 1.807) is 0 Å². The van der Waals surface area contributed by atoms with E-state index in [0.717, 1.165) is 32.1 Å². The largest absolute Gasteiger partial charge is 0.300 e. The van der Waals surface area contributed by atoms with Crippen LogP contribution < -0.4 is 0 Å². The summed E-state index contributed by atoms with van der Waals surface area (Å²) in [7, 11) is 0. The van der Waals surface area contributed by atoms with Crippen LogP contribution in [0.3, 0.4) is 0 Å². The van der Waals surface area contributed by atoms with Crippen LogP contribution in [0.4, 0.5) is 0 Å². The lowest BCUT2D eigenvalue weighted by atomic mass is 9.47. The van der Waals surface area contributed by atoms with Crippen molar-refractivity contribution in [2.24, 2.45) is 35.0 Å². The second-order valence-electron chi connectivity index (χ2n) is 10.2. The smallest absolute Gasteiger partial charge is 0.155 e. The van der Waals surface area contributed by atoms with Crippen LogP contribution in [0.5, 0.6) is 0 Å². The van der Waals surface area contributed by atoms with Crippen LogP contribution in [0.25, 0.3) is 0 Å². The Morgan fingerprint density at radius 1 is 1.00 bits per heavy atom. The van der Waals surface area contributed by atoms with Gasteiger partial charge in [0.2, 0.25) is 0 Å². The van der Waals surface area contributed by atoms with Crippen molar-refractivity contribution in [3.63, 3.8) is 0 Å². The fourth-order valence-electron chi connectivity index (χ4n) is 8.02. The number of carbonyl (C=O) groups excluding carboxylic acids is 2. The van der Waals surface area contributed by atoms with Gasteiger partial charge in [-0.1, -0.05) is 42.8 Å². The van der Waals surface area contributed by atoms with Gasteiger partial charge >= 0.3 is 0 Å². The minimum Gasteiger partial charge on any atom is -0.300 e. The minimum absolute atomic E-state index is 0.138. The van der Waals surface area contributed by atoms with Crippen LogP contribution in [-0.2, 0) is 9.59 Å². The van der Waals surface area contributed by atoms with Gasteiger partial charge in [-0.05, 0) is 92.1 Å². The molecule has 148 valence electrons. The van der Waals surface area contributed by atoms with Gasteiger partial charge in [-0.25, -0.2) is 0 Å². The van der Waals surface area contributed by atoms with Crippen molar-refractivity contribution in [2.75, 3.05) is 0 Å². The third kappa shape index (κ3) is 2.67. The van der Waals surface area contributed by atoms with Crippen molar-refractivity contribution in [3.8, 4) is 0 Å². The lowest BCUT2D eigenvalue weighted by Crippen LogP contribution is -2.50. The van der Waals surface area contributed by atoms with Gasteiger partial charge in [0.1, 0.15) is 5.78 Å². The predicted molar refractivity (Wildman–Crippen MR) is 111 cm³/mol. The maximum Gasteiger partial charge on any atom is 0.155 e. The van der Waals surface area contributed by atoms with E-state index in [4.69, 9.17) is 0 Å². The molecular weight excluding hydrogens is 344 g/mol. The van der Waals surface area contributed by atoms with Crippen molar-refractivity contribution in [1.82, 2.24) is 0 Å². The molecule has 1 aromatic carbocycles. The SMILES string of the molecule is CC(=O)[C@H]1CC[C@H]2[C@@H]3CCC4=CC(=O)CC[C@@H]4[C@H]3[C@@H](c3ccccc3)C[C@]12C. The summed E-state index contributed by atoms with van der Waals surface area (Å²) < 4.78 is 0. The Kier molecular flexibility index (Phi) is 4.37. The van der Waals surface area contributed by atoms with Crippen LogP contribution in [0.15, 0.2) is 42.0 Å². The Morgan fingerprint density at radius 3 is 2.54 bits per heavy atom. The number of ketones is 2. The molecular formula is C26H32O2. The van der Waals surface area contributed by atoms with E-state index in [2.05, 4.69) is 37.3 Å². The van der Waals surface area contributed by atoms with Crippen molar-refractivity contribution >= 4 is 11.6 Å². The van der Waals surface area contributed by atoms with Crippen LogP contribution in [0.1, 0.15) is 70.3 Å². The molecule has 0 saturated heterocycles. The van der Waals surface area contributed by atoms with Gasteiger partial charge in [0.25, 0.3) is 0 Å². The Morgan fingerprint density at radius 2 is 1.79 bits per heavy atom. The van der Waals surface area contributed by atoms with Crippen LogP contribution >= 0.6 is 0 Å². The summed E-state index contributed by atoms with van der Waals surface area (Å²) in [6.45, 7) is 4.25. The third-order valence-electron chi connectivity index (χ3n) is 9.02. The van der Waals surface area contributed by atoms with Gasteiger partial charge in [0.15, 0.2) is 5.78 Å². The number of carbonyl (C=O) groups is 2. The molecule has 0 bridgehead atoms. The second kappa shape index (κ2) is 6.68. The molecule has 1 aromatic rings. The molecule has 0 unspecified atom stereocenters. The molecule has 7 atom stereocenters. The number of hydrogen-bond donors (Lipinski definition) is 0. The lowest BCUT2D eigenvalue weighted by Gasteiger charge is -2.57. The first-order valence-corrected chi connectivity index (χ1v) is 11.3. The number of Topliss-reactive ketones (excluding diaryl/α,β-unsaturated/α-hetero) is 1. The van der Waals surface area contributed by atoms with E-state index in [1.165, 1.54) is 24.0 Å². The zero-order valence-electron chi connectivity index (χ0n) is 17.2. The first-order valence-electron chi connectivity index (χ1n) is 11.3. The average Bonchev–Trinajstić information content (AvgIpc) is 3.04. The lowest BCUT2D eigenvalue weighted by molar-refractivity contribution is -0.128. The molecule has 2 nitrogen and oxygen atoms in total. The van der Waals surface area contributed by atoms with E-state index < -0.39 is 0 Å². The highest BCUT2D eigenvalue weighted by Crippen LogP contribution is 2.67. The zero-order chi connectivity index (χ0) is 19.5. The van der Waals surface area contributed by atoms with Crippen molar-refractivity contribution < 1.29 is 9.59 Å². The topological polar surface area (TPSA) is 34.1 Å². The second-order valence-corrected chi connectivity index (χ2v) is 10.2.